The first-order chi connectivity index (χ1) is 8.61. The van der Waals surface area contributed by atoms with Crippen LogP contribution in [0.25, 0.3) is 0 Å². The Balaban J connectivity index is 1.91. The van der Waals surface area contributed by atoms with Crippen LogP contribution in [0.3, 0.4) is 0 Å². The zero-order valence-electron chi connectivity index (χ0n) is 12.5. The van der Waals surface area contributed by atoms with E-state index in [2.05, 4.69) is 26.2 Å². The van der Waals surface area contributed by atoms with E-state index in [0.29, 0.717) is 5.41 Å². The summed E-state index contributed by atoms with van der Waals surface area (Å²) in [4.78, 5) is 0. The summed E-state index contributed by atoms with van der Waals surface area (Å²) in [6.45, 7) is 8.12. The Bertz CT molecular complexity index is 245. The molecule has 1 heterocycles. The first kappa shape index (κ1) is 14.3. The van der Waals surface area contributed by atoms with E-state index in [1.54, 1.807) is 0 Å². The summed E-state index contributed by atoms with van der Waals surface area (Å²) in [6, 6.07) is 0. The van der Waals surface area contributed by atoms with Crippen LogP contribution in [0.5, 0.6) is 0 Å². The van der Waals surface area contributed by atoms with Crippen LogP contribution in [0.1, 0.15) is 52.4 Å². The van der Waals surface area contributed by atoms with E-state index >= 15 is 0 Å². The van der Waals surface area contributed by atoms with E-state index in [-0.39, 0.29) is 0 Å². The maximum atomic E-state index is 5.49. The van der Waals surface area contributed by atoms with Crippen LogP contribution in [0, 0.1) is 23.2 Å². The normalized spacial score (nSPS) is 33.5. The summed E-state index contributed by atoms with van der Waals surface area (Å²) in [5.41, 5.74) is 0.570. The van der Waals surface area contributed by atoms with Gasteiger partial charge in [-0.15, -0.1) is 0 Å². The fraction of sp³-hybridized carbons (Fsp3) is 1.00. The van der Waals surface area contributed by atoms with E-state index in [9.17, 15) is 0 Å². The van der Waals surface area contributed by atoms with Crippen molar-refractivity contribution in [3.05, 3.63) is 0 Å². The quantitative estimate of drug-likeness (QED) is 0.828. The van der Waals surface area contributed by atoms with Gasteiger partial charge in [-0.25, -0.2) is 0 Å². The molecule has 2 heteroatoms. The Morgan fingerprint density at radius 1 is 1.11 bits per heavy atom. The van der Waals surface area contributed by atoms with Gasteiger partial charge in [0.15, 0.2) is 0 Å². The Hall–Kier alpha value is -0.0800. The Kier molecular flexibility index (Phi) is 5.08. The van der Waals surface area contributed by atoms with Crippen LogP contribution >= 0.6 is 0 Å². The average Bonchev–Trinajstić information content (AvgIpc) is 2.34. The van der Waals surface area contributed by atoms with Gasteiger partial charge < -0.3 is 10.1 Å². The highest BCUT2D eigenvalue weighted by molar-refractivity contribution is 4.87. The van der Waals surface area contributed by atoms with E-state index in [1.807, 2.05) is 0 Å². The first-order valence-electron chi connectivity index (χ1n) is 7.83. The highest BCUT2D eigenvalue weighted by Gasteiger charge is 2.35. The molecule has 106 valence electrons. The number of ether oxygens (including phenoxy) is 1. The van der Waals surface area contributed by atoms with Crippen molar-refractivity contribution in [2.45, 2.75) is 52.4 Å². The number of hydrogen-bond acceptors (Lipinski definition) is 2. The van der Waals surface area contributed by atoms with Crippen molar-refractivity contribution in [2.24, 2.45) is 23.2 Å². The molecular weight excluding hydrogens is 222 g/mol. The van der Waals surface area contributed by atoms with Crippen molar-refractivity contribution in [3.8, 4) is 0 Å². The van der Waals surface area contributed by atoms with E-state index in [1.165, 1.54) is 45.1 Å². The second-order valence-corrected chi connectivity index (χ2v) is 7.28. The van der Waals surface area contributed by atoms with Crippen LogP contribution < -0.4 is 5.32 Å². The van der Waals surface area contributed by atoms with Crippen LogP contribution in [0.4, 0.5) is 0 Å². The van der Waals surface area contributed by atoms with E-state index in [0.717, 1.165) is 31.0 Å². The Morgan fingerprint density at radius 3 is 2.50 bits per heavy atom. The minimum absolute atomic E-state index is 0.570. The third-order valence-corrected chi connectivity index (χ3v) is 5.12. The highest BCUT2D eigenvalue weighted by atomic mass is 16.5. The zero-order valence-corrected chi connectivity index (χ0v) is 12.5. The van der Waals surface area contributed by atoms with Gasteiger partial charge in [0.1, 0.15) is 0 Å². The molecule has 1 aliphatic carbocycles. The van der Waals surface area contributed by atoms with Crippen molar-refractivity contribution in [2.75, 3.05) is 26.8 Å². The lowest BCUT2D eigenvalue weighted by molar-refractivity contribution is 0.0381. The molecule has 0 spiro atoms. The number of rotatable bonds is 4. The molecule has 0 aromatic rings. The molecule has 2 fully saturated rings. The fourth-order valence-electron chi connectivity index (χ4n) is 4.01. The van der Waals surface area contributed by atoms with E-state index in [4.69, 9.17) is 4.74 Å². The molecule has 1 saturated heterocycles. The van der Waals surface area contributed by atoms with Gasteiger partial charge in [-0.1, -0.05) is 13.8 Å². The van der Waals surface area contributed by atoms with Crippen molar-refractivity contribution >= 4 is 0 Å². The third-order valence-electron chi connectivity index (χ3n) is 5.12. The largest absolute Gasteiger partial charge is 0.381 e. The summed E-state index contributed by atoms with van der Waals surface area (Å²) in [5, 5.41) is 3.41. The predicted octanol–water partition coefficient (Wildman–Crippen LogP) is 3.47. The monoisotopic (exact) mass is 253 g/mol. The molecule has 0 amide bonds. The van der Waals surface area contributed by atoms with Gasteiger partial charge in [0.25, 0.3) is 0 Å². The molecule has 0 radical (unpaired) electrons. The SMILES string of the molecule is CNCC1CCC(C)(C)CC1CC1CCOCC1. The van der Waals surface area contributed by atoms with Gasteiger partial charge in [0, 0.05) is 13.2 Å². The molecule has 0 aromatic heterocycles. The molecular formula is C16H31NO. The fourth-order valence-corrected chi connectivity index (χ4v) is 4.01. The van der Waals surface area contributed by atoms with Crippen molar-refractivity contribution in [1.29, 1.82) is 0 Å². The first-order valence-corrected chi connectivity index (χ1v) is 7.83. The van der Waals surface area contributed by atoms with Crippen LogP contribution in [-0.4, -0.2) is 26.8 Å². The number of nitrogens with one attached hydrogen (secondary N) is 1. The lowest BCUT2D eigenvalue weighted by Crippen LogP contribution is -2.36. The predicted molar refractivity (Wildman–Crippen MR) is 76.7 cm³/mol. The van der Waals surface area contributed by atoms with Gasteiger partial charge in [-0.3, -0.25) is 0 Å². The molecule has 1 N–H and O–H groups in total. The smallest absolute Gasteiger partial charge is 0.0468 e. The second-order valence-electron chi connectivity index (χ2n) is 7.28. The summed E-state index contributed by atoms with van der Waals surface area (Å²) in [6.07, 6.45) is 8.29. The summed E-state index contributed by atoms with van der Waals surface area (Å²) in [7, 11) is 2.10. The third kappa shape index (κ3) is 3.96. The van der Waals surface area contributed by atoms with Crippen LogP contribution in [0.15, 0.2) is 0 Å². The standard InChI is InChI=1S/C16H31NO/c1-16(2)7-4-14(12-17-3)15(11-16)10-13-5-8-18-9-6-13/h13-15,17H,4-12H2,1-3H3. The average molecular weight is 253 g/mol. The van der Waals surface area contributed by atoms with Gasteiger partial charge in [-0.2, -0.15) is 0 Å². The minimum Gasteiger partial charge on any atom is -0.381 e. The zero-order chi connectivity index (χ0) is 13.0. The molecule has 1 saturated carbocycles. The lowest BCUT2D eigenvalue weighted by Gasteiger charge is -2.42. The summed E-state index contributed by atoms with van der Waals surface area (Å²) >= 11 is 0. The molecule has 18 heavy (non-hydrogen) atoms. The van der Waals surface area contributed by atoms with Crippen molar-refractivity contribution in [1.82, 2.24) is 5.32 Å². The molecule has 2 aliphatic rings. The molecule has 0 bridgehead atoms. The highest BCUT2D eigenvalue weighted by Crippen LogP contribution is 2.44. The van der Waals surface area contributed by atoms with Gasteiger partial charge >= 0.3 is 0 Å². The summed E-state index contributed by atoms with van der Waals surface area (Å²) in [5.74, 6) is 2.77. The van der Waals surface area contributed by atoms with Gasteiger partial charge in [0.2, 0.25) is 0 Å². The van der Waals surface area contributed by atoms with E-state index < -0.39 is 0 Å². The van der Waals surface area contributed by atoms with Crippen molar-refractivity contribution < 1.29 is 4.74 Å². The molecule has 2 nitrogen and oxygen atoms in total. The molecule has 2 rings (SSSR count). The number of hydrogen-bond donors (Lipinski definition) is 1. The topological polar surface area (TPSA) is 21.3 Å². The van der Waals surface area contributed by atoms with Gasteiger partial charge in [0.05, 0.1) is 0 Å². The minimum atomic E-state index is 0.570. The molecule has 0 aromatic carbocycles. The van der Waals surface area contributed by atoms with Crippen LogP contribution in [-0.2, 0) is 4.74 Å². The summed E-state index contributed by atoms with van der Waals surface area (Å²) < 4.78 is 5.49. The molecule has 1 aliphatic heterocycles. The second kappa shape index (κ2) is 6.38. The maximum Gasteiger partial charge on any atom is 0.0468 e. The Morgan fingerprint density at radius 2 is 1.83 bits per heavy atom. The Labute approximate surface area is 113 Å². The maximum absolute atomic E-state index is 5.49. The molecule has 2 unspecified atom stereocenters. The van der Waals surface area contributed by atoms with Gasteiger partial charge in [-0.05, 0) is 75.3 Å². The molecule has 2 atom stereocenters. The lowest BCUT2D eigenvalue weighted by atomic mass is 9.64. The van der Waals surface area contributed by atoms with Crippen molar-refractivity contribution in [3.63, 3.8) is 0 Å². The van der Waals surface area contributed by atoms with Crippen LogP contribution in [0.2, 0.25) is 0 Å².